The molecule has 0 saturated carbocycles. The number of hydrogen-bond acceptors (Lipinski definition) is 6. The van der Waals surface area contributed by atoms with E-state index in [-0.39, 0.29) is 5.92 Å². The van der Waals surface area contributed by atoms with E-state index in [0.717, 1.165) is 38.2 Å². The molecular formula is C22H23F6N3O5S. The highest BCUT2D eigenvalue weighted by atomic mass is 32.1. The van der Waals surface area contributed by atoms with Gasteiger partial charge in [-0.2, -0.15) is 26.3 Å². The summed E-state index contributed by atoms with van der Waals surface area (Å²) < 4.78 is 63.5. The first-order valence-electron chi connectivity index (χ1n) is 10.7. The minimum atomic E-state index is -5.08. The summed E-state index contributed by atoms with van der Waals surface area (Å²) in [7, 11) is 0. The van der Waals surface area contributed by atoms with Crippen LogP contribution in [0.15, 0.2) is 42.0 Å². The second-order valence-electron chi connectivity index (χ2n) is 8.16. The summed E-state index contributed by atoms with van der Waals surface area (Å²) in [6, 6.07) is 8.27. The Morgan fingerprint density at radius 2 is 1.62 bits per heavy atom. The van der Waals surface area contributed by atoms with Crippen molar-refractivity contribution in [1.29, 1.82) is 0 Å². The van der Waals surface area contributed by atoms with Crippen LogP contribution in [0.4, 0.5) is 26.3 Å². The largest absolute Gasteiger partial charge is 0.490 e. The first kappa shape index (κ1) is 30.0. The molecule has 0 aliphatic carbocycles. The molecule has 37 heavy (non-hydrogen) atoms. The number of pyridine rings is 1. The number of alkyl halides is 6. The number of rotatable bonds is 4. The lowest BCUT2D eigenvalue weighted by atomic mass is 9.88. The summed E-state index contributed by atoms with van der Waals surface area (Å²) >= 11 is 1.80. The SMILES string of the molecule is O=C(O)C(F)(F)F.O=C(O)C(F)(F)F.O=C1[C@H]2CN(Cc3cccs3)C[C@@H]2CCN1Cc1cccnc1. The number of aromatic nitrogens is 1. The second-order valence-corrected chi connectivity index (χ2v) is 9.19. The number of likely N-dealkylation sites (tertiary alicyclic amines) is 2. The smallest absolute Gasteiger partial charge is 0.475 e. The molecule has 2 fully saturated rings. The van der Waals surface area contributed by atoms with E-state index < -0.39 is 24.3 Å². The van der Waals surface area contributed by atoms with Crippen molar-refractivity contribution < 1.29 is 50.9 Å². The molecule has 1 amide bonds. The first-order chi connectivity index (χ1) is 17.2. The van der Waals surface area contributed by atoms with Gasteiger partial charge in [-0.3, -0.25) is 14.7 Å². The summed E-state index contributed by atoms with van der Waals surface area (Å²) in [5, 5.41) is 16.4. The number of carboxylic acid groups (broad SMARTS) is 2. The second kappa shape index (κ2) is 12.9. The molecule has 2 N–H and O–H groups in total. The predicted octanol–water partition coefficient (Wildman–Crippen LogP) is 3.89. The van der Waals surface area contributed by atoms with Crippen LogP contribution in [0.3, 0.4) is 0 Å². The van der Waals surface area contributed by atoms with E-state index in [9.17, 15) is 31.1 Å². The third-order valence-corrected chi connectivity index (χ3v) is 6.32. The summed E-state index contributed by atoms with van der Waals surface area (Å²) in [6.07, 6.45) is -5.41. The van der Waals surface area contributed by atoms with Crippen LogP contribution >= 0.6 is 11.3 Å². The van der Waals surface area contributed by atoms with Crippen LogP contribution in [0.25, 0.3) is 0 Å². The lowest BCUT2D eigenvalue weighted by Gasteiger charge is -2.33. The number of fused-ring (bicyclic) bond motifs is 1. The number of carboxylic acids is 2. The van der Waals surface area contributed by atoms with Crippen molar-refractivity contribution in [3.05, 3.63) is 52.5 Å². The zero-order valence-electron chi connectivity index (χ0n) is 19.1. The molecule has 2 saturated heterocycles. The van der Waals surface area contributed by atoms with Gasteiger partial charge in [0, 0.05) is 50.0 Å². The fraction of sp³-hybridized carbons (Fsp3) is 0.455. The van der Waals surface area contributed by atoms with Crippen molar-refractivity contribution in [2.75, 3.05) is 19.6 Å². The molecule has 204 valence electrons. The summed E-state index contributed by atoms with van der Waals surface area (Å²) in [5.41, 5.74) is 1.12. The molecule has 8 nitrogen and oxygen atoms in total. The number of nitrogens with zero attached hydrogens (tertiary/aromatic N) is 3. The Morgan fingerprint density at radius 1 is 1.00 bits per heavy atom. The zero-order valence-corrected chi connectivity index (χ0v) is 19.9. The molecular weight excluding hydrogens is 532 g/mol. The Hall–Kier alpha value is -3.20. The van der Waals surface area contributed by atoms with Crippen molar-refractivity contribution >= 4 is 29.2 Å². The van der Waals surface area contributed by atoms with Crippen LogP contribution in [0, 0.1) is 11.8 Å². The standard InChI is InChI=1S/C18H21N3OS.2C2HF3O2/c22-18-17-13-20(12-16-4-2-8-23-16)11-15(17)5-7-21(18)10-14-3-1-6-19-9-14;2*3-2(4,5)1(6)7/h1-4,6,8-9,15,17H,5,7,10-13H2;2*(H,6,7)/t15-,17-;;/m0../s1. The van der Waals surface area contributed by atoms with E-state index >= 15 is 0 Å². The van der Waals surface area contributed by atoms with E-state index in [2.05, 4.69) is 27.4 Å². The van der Waals surface area contributed by atoms with Gasteiger partial charge in [0.25, 0.3) is 0 Å². The summed E-state index contributed by atoms with van der Waals surface area (Å²) in [5.74, 6) is -4.47. The van der Waals surface area contributed by atoms with E-state index in [1.165, 1.54) is 4.88 Å². The molecule has 2 aliphatic rings. The minimum absolute atomic E-state index is 0.181. The van der Waals surface area contributed by atoms with Gasteiger partial charge < -0.3 is 15.1 Å². The number of hydrogen-bond donors (Lipinski definition) is 2. The van der Waals surface area contributed by atoms with Crippen molar-refractivity contribution in [3.8, 4) is 0 Å². The minimum Gasteiger partial charge on any atom is -0.475 e. The van der Waals surface area contributed by atoms with Crippen LogP contribution in [-0.4, -0.2) is 74.8 Å². The van der Waals surface area contributed by atoms with Gasteiger partial charge in [0.05, 0.1) is 5.92 Å². The molecule has 15 heteroatoms. The van der Waals surface area contributed by atoms with Crippen molar-refractivity contribution in [1.82, 2.24) is 14.8 Å². The van der Waals surface area contributed by atoms with Gasteiger partial charge in [0.2, 0.25) is 5.91 Å². The van der Waals surface area contributed by atoms with Crippen LogP contribution in [-0.2, 0) is 27.5 Å². The molecule has 0 aromatic carbocycles. The van der Waals surface area contributed by atoms with Crippen molar-refractivity contribution in [2.45, 2.75) is 31.9 Å². The maximum absolute atomic E-state index is 12.8. The highest BCUT2D eigenvalue weighted by Crippen LogP contribution is 2.33. The molecule has 2 aliphatic heterocycles. The van der Waals surface area contributed by atoms with E-state index in [0.29, 0.717) is 18.4 Å². The molecule has 0 radical (unpaired) electrons. The van der Waals surface area contributed by atoms with E-state index in [1.807, 2.05) is 23.2 Å². The average molecular weight is 555 g/mol. The number of carbonyl (C=O) groups is 3. The average Bonchev–Trinajstić information content (AvgIpc) is 3.46. The van der Waals surface area contributed by atoms with Crippen molar-refractivity contribution in [3.63, 3.8) is 0 Å². The topological polar surface area (TPSA) is 111 Å². The van der Waals surface area contributed by atoms with E-state index in [4.69, 9.17) is 19.8 Å². The fourth-order valence-electron chi connectivity index (χ4n) is 3.82. The number of aliphatic carboxylic acids is 2. The van der Waals surface area contributed by atoms with Gasteiger partial charge in [0.15, 0.2) is 0 Å². The van der Waals surface area contributed by atoms with Gasteiger partial charge in [-0.05, 0) is 35.4 Å². The lowest BCUT2D eigenvalue weighted by Crippen LogP contribution is -2.44. The van der Waals surface area contributed by atoms with Gasteiger partial charge in [-0.25, -0.2) is 9.59 Å². The summed E-state index contributed by atoms with van der Waals surface area (Å²) in [4.78, 5) is 40.6. The van der Waals surface area contributed by atoms with Crippen LogP contribution in [0.2, 0.25) is 0 Å². The number of carbonyl (C=O) groups excluding carboxylic acids is 1. The highest BCUT2D eigenvalue weighted by Gasteiger charge is 2.42. The van der Waals surface area contributed by atoms with Gasteiger partial charge >= 0.3 is 24.3 Å². The van der Waals surface area contributed by atoms with E-state index in [1.54, 1.807) is 17.5 Å². The Labute approximate surface area is 211 Å². The quantitative estimate of drug-likeness (QED) is 0.551. The maximum atomic E-state index is 12.8. The normalized spacial score (nSPS) is 19.7. The Morgan fingerprint density at radius 3 is 2.11 bits per heavy atom. The van der Waals surface area contributed by atoms with Gasteiger partial charge in [-0.15, -0.1) is 11.3 Å². The van der Waals surface area contributed by atoms with Gasteiger partial charge in [-0.1, -0.05) is 12.1 Å². The fourth-order valence-corrected chi connectivity index (χ4v) is 4.57. The monoisotopic (exact) mass is 555 g/mol. The zero-order chi connectivity index (χ0) is 27.8. The molecule has 0 unspecified atom stereocenters. The Bertz CT molecular complexity index is 1010. The molecule has 2 aromatic rings. The third-order valence-electron chi connectivity index (χ3n) is 5.46. The Balaban J connectivity index is 0.000000286. The van der Waals surface area contributed by atoms with Crippen molar-refractivity contribution in [2.24, 2.45) is 11.8 Å². The molecule has 0 bridgehead atoms. The summed E-state index contributed by atoms with van der Waals surface area (Å²) in [6.45, 7) is 4.53. The molecule has 2 aromatic heterocycles. The molecule has 4 rings (SSSR count). The number of halogens is 6. The Kier molecular flexibility index (Phi) is 10.4. The number of amides is 1. The third kappa shape index (κ3) is 9.64. The highest BCUT2D eigenvalue weighted by molar-refractivity contribution is 7.09. The van der Waals surface area contributed by atoms with Crippen LogP contribution in [0.5, 0.6) is 0 Å². The maximum Gasteiger partial charge on any atom is 0.490 e. The number of thiophene rings is 1. The predicted molar refractivity (Wildman–Crippen MR) is 118 cm³/mol. The molecule has 0 spiro atoms. The molecule has 4 heterocycles. The lowest BCUT2D eigenvalue weighted by molar-refractivity contribution is -0.193. The number of piperidine rings is 1. The van der Waals surface area contributed by atoms with Gasteiger partial charge in [0.1, 0.15) is 0 Å². The first-order valence-corrected chi connectivity index (χ1v) is 11.6. The molecule has 2 atom stereocenters. The van der Waals surface area contributed by atoms with Crippen LogP contribution < -0.4 is 0 Å². The van der Waals surface area contributed by atoms with Crippen LogP contribution in [0.1, 0.15) is 16.9 Å².